The molecular formula is C21H24N2O4. The molecule has 1 N–H and O–H groups in total. The molecule has 2 aromatic rings. The van der Waals surface area contributed by atoms with Gasteiger partial charge in [-0.3, -0.25) is 4.90 Å². The second-order valence-electron chi connectivity index (χ2n) is 7.08. The molecule has 142 valence electrons. The van der Waals surface area contributed by atoms with E-state index in [2.05, 4.69) is 23.2 Å². The van der Waals surface area contributed by atoms with Gasteiger partial charge in [-0.05, 0) is 37.6 Å². The molecule has 0 aliphatic carbocycles. The van der Waals surface area contributed by atoms with Gasteiger partial charge in [0, 0.05) is 24.6 Å². The SMILES string of the molecule is COc1c2c(cc3c1[C@H](C/C(=N\O)c1ccc(C)cc1)N(C)CC3)OCO2. The number of oxime groups is 1. The summed E-state index contributed by atoms with van der Waals surface area (Å²) in [5, 5.41) is 13.3. The highest BCUT2D eigenvalue weighted by Gasteiger charge is 2.34. The van der Waals surface area contributed by atoms with Crippen LogP contribution in [0.5, 0.6) is 17.2 Å². The van der Waals surface area contributed by atoms with E-state index >= 15 is 0 Å². The summed E-state index contributed by atoms with van der Waals surface area (Å²) in [6, 6.07) is 10.1. The van der Waals surface area contributed by atoms with Gasteiger partial charge in [-0.15, -0.1) is 0 Å². The number of ether oxygens (including phenoxy) is 3. The van der Waals surface area contributed by atoms with Gasteiger partial charge in [0.2, 0.25) is 12.5 Å². The summed E-state index contributed by atoms with van der Waals surface area (Å²) in [5.74, 6) is 2.12. The third kappa shape index (κ3) is 3.10. The highest BCUT2D eigenvalue weighted by molar-refractivity contribution is 6.00. The van der Waals surface area contributed by atoms with Crippen LogP contribution in [0.3, 0.4) is 0 Å². The minimum absolute atomic E-state index is 0.0189. The predicted octanol–water partition coefficient (Wildman–Crippen LogP) is 3.53. The van der Waals surface area contributed by atoms with Crippen LogP contribution in [0.4, 0.5) is 0 Å². The zero-order valence-corrected chi connectivity index (χ0v) is 15.9. The van der Waals surface area contributed by atoms with Crippen molar-refractivity contribution in [2.24, 2.45) is 5.16 Å². The van der Waals surface area contributed by atoms with Crippen LogP contribution in [0, 0.1) is 6.92 Å². The lowest BCUT2D eigenvalue weighted by Gasteiger charge is -2.36. The van der Waals surface area contributed by atoms with E-state index in [4.69, 9.17) is 14.2 Å². The van der Waals surface area contributed by atoms with Crippen molar-refractivity contribution in [3.8, 4) is 17.2 Å². The number of benzene rings is 2. The zero-order valence-electron chi connectivity index (χ0n) is 15.9. The highest BCUT2D eigenvalue weighted by atomic mass is 16.7. The highest BCUT2D eigenvalue weighted by Crippen LogP contribution is 2.50. The van der Waals surface area contributed by atoms with Crippen molar-refractivity contribution in [1.82, 2.24) is 4.90 Å². The van der Waals surface area contributed by atoms with Crippen molar-refractivity contribution < 1.29 is 19.4 Å². The number of methoxy groups -OCH3 is 1. The van der Waals surface area contributed by atoms with Gasteiger partial charge in [0.1, 0.15) is 0 Å². The van der Waals surface area contributed by atoms with E-state index in [-0.39, 0.29) is 12.8 Å². The Morgan fingerprint density at radius 1 is 1.30 bits per heavy atom. The molecule has 0 saturated carbocycles. The van der Waals surface area contributed by atoms with Crippen LogP contribution < -0.4 is 14.2 Å². The Labute approximate surface area is 159 Å². The second-order valence-corrected chi connectivity index (χ2v) is 7.08. The fraction of sp³-hybridized carbons (Fsp3) is 0.381. The molecule has 0 amide bonds. The normalized spacial score (nSPS) is 19.1. The van der Waals surface area contributed by atoms with E-state index in [1.807, 2.05) is 31.2 Å². The lowest BCUT2D eigenvalue weighted by molar-refractivity contribution is 0.170. The molecule has 0 spiro atoms. The summed E-state index contributed by atoms with van der Waals surface area (Å²) in [4.78, 5) is 2.27. The summed E-state index contributed by atoms with van der Waals surface area (Å²) in [5.41, 5.74) is 5.03. The molecule has 2 aliphatic heterocycles. The van der Waals surface area contributed by atoms with Crippen LogP contribution in [-0.4, -0.2) is 43.3 Å². The van der Waals surface area contributed by atoms with Crippen molar-refractivity contribution >= 4 is 5.71 Å². The van der Waals surface area contributed by atoms with E-state index in [1.165, 1.54) is 11.1 Å². The molecule has 6 heteroatoms. The molecule has 2 aliphatic rings. The average Bonchev–Trinajstić information content (AvgIpc) is 3.15. The Morgan fingerprint density at radius 3 is 2.78 bits per heavy atom. The van der Waals surface area contributed by atoms with Crippen molar-refractivity contribution in [2.45, 2.75) is 25.8 Å². The molecule has 0 saturated heterocycles. The van der Waals surface area contributed by atoms with Crippen molar-refractivity contribution in [3.63, 3.8) is 0 Å². The third-order valence-corrected chi connectivity index (χ3v) is 5.44. The molecule has 1 atom stereocenters. The maximum absolute atomic E-state index is 9.69. The Morgan fingerprint density at radius 2 is 2.07 bits per heavy atom. The number of aryl methyl sites for hydroxylation is 1. The number of fused-ring (bicyclic) bond motifs is 2. The smallest absolute Gasteiger partial charge is 0.231 e. The number of hydrogen-bond donors (Lipinski definition) is 1. The maximum Gasteiger partial charge on any atom is 0.231 e. The number of hydrogen-bond acceptors (Lipinski definition) is 6. The Hall–Kier alpha value is -2.73. The lowest BCUT2D eigenvalue weighted by atomic mass is 9.87. The maximum atomic E-state index is 9.69. The lowest BCUT2D eigenvalue weighted by Crippen LogP contribution is -2.34. The monoisotopic (exact) mass is 368 g/mol. The summed E-state index contributed by atoms with van der Waals surface area (Å²) in [6.45, 7) is 3.16. The largest absolute Gasteiger partial charge is 0.492 e. The van der Waals surface area contributed by atoms with Crippen LogP contribution in [0.15, 0.2) is 35.5 Å². The van der Waals surface area contributed by atoms with Crippen molar-refractivity contribution in [2.75, 3.05) is 27.5 Å². The molecule has 0 fully saturated rings. The van der Waals surface area contributed by atoms with E-state index in [9.17, 15) is 5.21 Å². The molecule has 4 rings (SSSR count). The fourth-order valence-corrected chi connectivity index (χ4v) is 3.93. The first-order valence-electron chi connectivity index (χ1n) is 9.10. The number of nitrogens with zero attached hydrogens (tertiary/aromatic N) is 2. The molecule has 0 aromatic heterocycles. The molecule has 2 aromatic carbocycles. The van der Waals surface area contributed by atoms with E-state index in [0.29, 0.717) is 17.9 Å². The summed E-state index contributed by atoms with van der Waals surface area (Å²) in [6.07, 6.45) is 1.48. The van der Waals surface area contributed by atoms with Gasteiger partial charge >= 0.3 is 0 Å². The Kier molecular flexibility index (Phi) is 4.66. The van der Waals surface area contributed by atoms with E-state index in [1.54, 1.807) is 7.11 Å². The number of likely N-dealkylation sites (N-methyl/N-ethyl adjacent to an activating group) is 1. The number of rotatable bonds is 4. The van der Waals surface area contributed by atoms with Crippen LogP contribution in [0.25, 0.3) is 0 Å². The average molecular weight is 368 g/mol. The van der Waals surface area contributed by atoms with Crippen LogP contribution in [-0.2, 0) is 6.42 Å². The van der Waals surface area contributed by atoms with Crippen LogP contribution >= 0.6 is 0 Å². The minimum atomic E-state index is 0.0189. The van der Waals surface area contributed by atoms with Crippen molar-refractivity contribution in [1.29, 1.82) is 0 Å². The first-order chi connectivity index (χ1) is 13.1. The van der Waals surface area contributed by atoms with Gasteiger partial charge in [0.15, 0.2) is 11.5 Å². The molecular weight excluding hydrogens is 344 g/mol. The predicted molar refractivity (Wildman–Crippen MR) is 102 cm³/mol. The zero-order chi connectivity index (χ0) is 19.0. The van der Waals surface area contributed by atoms with E-state index < -0.39 is 0 Å². The Balaban J connectivity index is 1.75. The van der Waals surface area contributed by atoms with Gasteiger partial charge < -0.3 is 19.4 Å². The van der Waals surface area contributed by atoms with Gasteiger partial charge in [-0.2, -0.15) is 0 Å². The van der Waals surface area contributed by atoms with Crippen LogP contribution in [0.2, 0.25) is 0 Å². The molecule has 2 heterocycles. The third-order valence-electron chi connectivity index (χ3n) is 5.44. The molecule has 0 unspecified atom stereocenters. The Bertz CT molecular complexity index is 877. The standard InChI is InChI=1S/C21H24N2O4/c1-13-4-6-14(7-5-13)16(22-24)11-17-19-15(8-9-23(17)2)10-18-20(21(19)25-3)27-12-26-18/h4-7,10,17,24H,8-9,11-12H2,1-3H3/b22-16+/t17-/m0/s1. The first-order valence-corrected chi connectivity index (χ1v) is 9.10. The van der Waals surface area contributed by atoms with Crippen molar-refractivity contribution in [3.05, 3.63) is 52.6 Å². The van der Waals surface area contributed by atoms with E-state index in [0.717, 1.165) is 35.6 Å². The second kappa shape index (κ2) is 7.12. The van der Waals surface area contributed by atoms with Gasteiger partial charge in [0.25, 0.3) is 0 Å². The molecule has 0 radical (unpaired) electrons. The first kappa shape index (κ1) is 17.7. The summed E-state index contributed by atoms with van der Waals surface area (Å²) < 4.78 is 17.0. The van der Waals surface area contributed by atoms with Gasteiger partial charge in [-0.25, -0.2) is 0 Å². The summed E-state index contributed by atoms with van der Waals surface area (Å²) in [7, 11) is 3.74. The summed E-state index contributed by atoms with van der Waals surface area (Å²) >= 11 is 0. The van der Waals surface area contributed by atoms with Gasteiger partial charge in [-0.1, -0.05) is 35.0 Å². The molecule has 27 heavy (non-hydrogen) atoms. The van der Waals surface area contributed by atoms with Crippen LogP contribution in [0.1, 0.15) is 34.7 Å². The molecule has 6 nitrogen and oxygen atoms in total. The quantitative estimate of drug-likeness (QED) is 0.508. The van der Waals surface area contributed by atoms with Gasteiger partial charge in [0.05, 0.1) is 12.8 Å². The topological polar surface area (TPSA) is 63.5 Å². The molecule has 0 bridgehead atoms. The fourth-order valence-electron chi connectivity index (χ4n) is 3.93. The minimum Gasteiger partial charge on any atom is -0.492 e.